The maximum absolute atomic E-state index is 12.2. The Bertz CT molecular complexity index is 1480. The number of rotatable bonds is 3. The molecule has 42 heavy (non-hydrogen) atoms. The molecule has 4 bridgehead atoms. The Balaban J connectivity index is 0.000000150. The van der Waals surface area contributed by atoms with Crippen LogP contribution in [0.3, 0.4) is 0 Å². The standard InChI is InChI=1S/C18H25.C13H9.C7H5F.2ClH.Zr/c1-12-3-13(2)17(4-12)11-18-8-14-5-15(9-18)7-16(6-14)10-18;1-3-7-12-10(5-1)9-11-6-2-4-8-13(11)12;1-6-2-4-7(8)5-3-6;;;/h4,12,14-16H,5-11H2,1-2H3;1-9H;1-5H;2*1H;/q2*-1;;;;+2/p-2. The molecule has 4 heteroatoms. The Morgan fingerprint density at radius 1 is 0.833 bits per heavy atom. The number of halogens is 3. The van der Waals surface area contributed by atoms with Gasteiger partial charge in [0.15, 0.2) is 0 Å². The predicted molar refractivity (Wildman–Crippen MR) is 164 cm³/mol. The van der Waals surface area contributed by atoms with Crippen LogP contribution in [0.2, 0.25) is 0 Å². The van der Waals surface area contributed by atoms with Crippen molar-refractivity contribution in [2.24, 2.45) is 29.1 Å². The first kappa shape index (κ1) is 33.2. The number of fused-ring (bicyclic) bond motifs is 3. The molecule has 218 valence electrons. The average Bonchev–Trinajstić information content (AvgIpc) is 3.47. The van der Waals surface area contributed by atoms with Crippen LogP contribution in [-0.4, -0.2) is 3.71 Å². The van der Waals surface area contributed by atoms with E-state index in [0.717, 1.165) is 23.3 Å². The van der Waals surface area contributed by atoms with E-state index >= 15 is 0 Å². The van der Waals surface area contributed by atoms with Crippen LogP contribution in [0.1, 0.15) is 64.4 Å². The van der Waals surface area contributed by atoms with Crippen LogP contribution < -0.4 is 24.8 Å². The van der Waals surface area contributed by atoms with Crippen molar-refractivity contribution in [3.8, 4) is 0 Å². The summed E-state index contributed by atoms with van der Waals surface area (Å²) < 4.78 is 14.2. The first-order chi connectivity index (χ1) is 19.4. The molecule has 0 heterocycles. The second kappa shape index (κ2) is 14.4. The molecular weight excluding hydrogens is 638 g/mol. The molecule has 1 atom stereocenters. The van der Waals surface area contributed by atoms with E-state index in [9.17, 15) is 4.39 Å². The van der Waals surface area contributed by atoms with Gasteiger partial charge in [-0.15, -0.1) is 39.7 Å². The van der Waals surface area contributed by atoms with Crippen LogP contribution in [0, 0.1) is 41.0 Å². The van der Waals surface area contributed by atoms with Gasteiger partial charge in [0.1, 0.15) is 0 Å². The third kappa shape index (κ3) is 7.49. The molecule has 0 saturated heterocycles. The monoisotopic (exact) mass is 674 g/mol. The summed E-state index contributed by atoms with van der Waals surface area (Å²) in [5, 5.41) is 5.39. The summed E-state index contributed by atoms with van der Waals surface area (Å²) in [6, 6.07) is 25.7. The molecule has 4 aromatic carbocycles. The van der Waals surface area contributed by atoms with Crippen molar-refractivity contribution in [3.05, 3.63) is 114 Å². The molecule has 4 saturated carbocycles. The zero-order chi connectivity index (χ0) is 27.7. The molecule has 4 aromatic rings. The second-order valence-corrected chi connectivity index (χ2v) is 13.6. The summed E-state index contributed by atoms with van der Waals surface area (Å²) in [5.74, 6) is 3.65. The van der Waals surface area contributed by atoms with Gasteiger partial charge in [-0.05, 0) is 61.7 Å². The molecule has 0 spiro atoms. The first-order valence-corrected chi connectivity index (χ1v) is 16.4. The van der Waals surface area contributed by atoms with E-state index in [2.05, 4.69) is 80.6 Å². The Morgan fingerprint density at radius 2 is 1.33 bits per heavy atom. The SMILES string of the molecule is CC1=[C-]C(C)C=C1CC12CC3CC(CC(C3)C1)C2.Fc1ccc([CH]=[Zr+2])cc1.[Cl-].[Cl-].c1ccc2c(c1)[cH-]c1ccccc12. The molecule has 1 unspecified atom stereocenters. The molecule has 0 aromatic heterocycles. The smallest absolute Gasteiger partial charge is 0.0771 e. The maximum Gasteiger partial charge on any atom is -0.0771 e. The van der Waals surface area contributed by atoms with Gasteiger partial charge in [-0.3, -0.25) is 6.08 Å². The minimum atomic E-state index is -0.170. The minimum Gasteiger partial charge on any atom is -1.00 e. The maximum atomic E-state index is 12.2. The fourth-order valence-electron chi connectivity index (χ4n) is 8.47. The van der Waals surface area contributed by atoms with Gasteiger partial charge in [0, 0.05) is 0 Å². The van der Waals surface area contributed by atoms with Gasteiger partial charge in [0.05, 0.1) is 0 Å². The molecule has 5 aliphatic rings. The summed E-state index contributed by atoms with van der Waals surface area (Å²) in [7, 11) is 0. The first-order valence-electron chi connectivity index (χ1n) is 15.0. The van der Waals surface area contributed by atoms with Crippen LogP contribution in [0.4, 0.5) is 4.39 Å². The zero-order valence-electron chi connectivity index (χ0n) is 24.6. The van der Waals surface area contributed by atoms with E-state index < -0.39 is 0 Å². The van der Waals surface area contributed by atoms with Crippen molar-refractivity contribution in [2.45, 2.75) is 58.8 Å². The number of benzene rings is 3. The summed E-state index contributed by atoms with van der Waals surface area (Å²) >= 11 is 1.34. The van der Waals surface area contributed by atoms with Crippen molar-refractivity contribution >= 4 is 25.3 Å². The topological polar surface area (TPSA) is 0 Å². The van der Waals surface area contributed by atoms with Crippen molar-refractivity contribution in [3.63, 3.8) is 0 Å². The van der Waals surface area contributed by atoms with Crippen molar-refractivity contribution < 1.29 is 53.4 Å². The largest absolute Gasteiger partial charge is 1.00 e. The van der Waals surface area contributed by atoms with E-state index in [-0.39, 0.29) is 30.6 Å². The van der Waals surface area contributed by atoms with Gasteiger partial charge in [-0.25, -0.2) is 5.57 Å². The molecule has 0 radical (unpaired) electrons. The molecule has 4 fully saturated rings. The van der Waals surface area contributed by atoms with Crippen molar-refractivity contribution in [1.82, 2.24) is 0 Å². The fourth-order valence-corrected chi connectivity index (χ4v) is 8.94. The number of hydrogen-bond acceptors (Lipinski definition) is 0. The predicted octanol–water partition coefficient (Wildman–Crippen LogP) is 4.16. The van der Waals surface area contributed by atoms with Gasteiger partial charge in [-0.1, -0.05) is 62.6 Å². The van der Waals surface area contributed by atoms with E-state index in [1.54, 1.807) is 56.2 Å². The van der Waals surface area contributed by atoms with E-state index in [1.165, 1.54) is 69.9 Å². The molecule has 5 aliphatic carbocycles. The zero-order valence-corrected chi connectivity index (χ0v) is 28.5. The Labute approximate surface area is 278 Å². The van der Waals surface area contributed by atoms with Crippen LogP contribution in [-0.2, 0) is 24.2 Å². The summed E-state index contributed by atoms with van der Waals surface area (Å²) in [6.45, 7) is 4.55. The quantitative estimate of drug-likeness (QED) is 0.286. The van der Waals surface area contributed by atoms with Gasteiger partial charge < -0.3 is 24.8 Å². The van der Waals surface area contributed by atoms with E-state index in [1.807, 2.05) is 3.71 Å². The number of allylic oxidation sites excluding steroid dienone is 4. The molecule has 9 rings (SSSR count). The Kier molecular flexibility index (Phi) is 11.3. The third-order valence-electron chi connectivity index (χ3n) is 9.67. The Hall–Kier alpha value is -1.73. The van der Waals surface area contributed by atoms with Crippen LogP contribution in [0.5, 0.6) is 0 Å². The molecule has 0 nitrogen and oxygen atoms in total. The summed E-state index contributed by atoms with van der Waals surface area (Å²) in [4.78, 5) is 0. The van der Waals surface area contributed by atoms with E-state index in [4.69, 9.17) is 0 Å². The fraction of sp³-hybridized carbons (Fsp3) is 0.368. The van der Waals surface area contributed by atoms with Gasteiger partial charge in [-0.2, -0.15) is 11.6 Å². The van der Waals surface area contributed by atoms with Crippen LogP contribution in [0.25, 0.3) is 21.5 Å². The van der Waals surface area contributed by atoms with Gasteiger partial charge >= 0.3 is 68.0 Å². The van der Waals surface area contributed by atoms with Crippen molar-refractivity contribution in [2.75, 3.05) is 0 Å². The third-order valence-corrected chi connectivity index (χ3v) is 10.5. The minimum absolute atomic E-state index is 0. The van der Waals surface area contributed by atoms with E-state index in [0.29, 0.717) is 11.3 Å². The molecule has 0 N–H and O–H groups in total. The molecule has 0 amide bonds. The van der Waals surface area contributed by atoms with Gasteiger partial charge in [0.25, 0.3) is 0 Å². The summed E-state index contributed by atoms with van der Waals surface area (Å²) in [6.07, 6.45) is 16.7. The van der Waals surface area contributed by atoms with Crippen LogP contribution >= 0.6 is 0 Å². The molecule has 0 aliphatic heterocycles. The van der Waals surface area contributed by atoms with Crippen LogP contribution in [0.15, 0.2) is 96.1 Å². The van der Waals surface area contributed by atoms with Gasteiger partial charge in [0.2, 0.25) is 0 Å². The normalized spacial score (nSPS) is 26.6. The Morgan fingerprint density at radius 3 is 1.79 bits per heavy atom. The number of hydrogen-bond donors (Lipinski definition) is 0. The molecular formula is C38H39Cl2FZr-2. The second-order valence-electron chi connectivity index (χ2n) is 12.9. The summed E-state index contributed by atoms with van der Waals surface area (Å²) in [5.41, 5.74) is 4.89. The van der Waals surface area contributed by atoms with Crippen molar-refractivity contribution in [1.29, 1.82) is 0 Å². The average molecular weight is 677 g/mol.